The number of nitrogens with one attached hydrogen (secondary N) is 1. The number of aliphatic carboxylic acids is 3. The summed E-state index contributed by atoms with van der Waals surface area (Å²) in [4.78, 5) is 42.0. The molecule has 160 valence electrons. The van der Waals surface area contributed by atoms with Crippen molar-refractivity contribution in [2.24, 2.45) is 0 Å². The van der Waals surface area contributed by atoms with Crippen LogP contribution in [0.1, 0.15) is 18.4 Å². The van der Waals surface area contributed by atoms with Crippen molar-refractivity contribution in [2.45, 2.75) is 25.1 Å². The quantitative estimate of drug-likeness (QED) is 0.274. The van der Waals surface area contributed by atoms with Crippen LogP contribution in [0.2, 0.25) is 0 Å². The van der Waals surface area contributed by atoms with Gasteiger partial charge in [-0.15, -0.1) is 0 Å². The number of anilines is 2. The standard InChI is InChI=1S/C14H17N3O5.C2HF3O2/c15-9-2-3-10(16)8(7-9)1-5-12(18)17-11(14(21)22)4-6-13(19)20;3-2(4,5)1(6)7/h1-3,5,7,11H,4,6,15-16H2,(H,17,18)(H,19,20)(H,21,22);(H,6,7)/t11-;/m0./s1. The second-order valence-electron chi connectivity index (χ2n) is 5.36. The van der Waals surface area contributed by atoms with Crippen molar-refractivity contribution in [3.8, 4) is 0 Å². The van der Waals surface area contributed by atoms with E-state index in [0.717, 1.165) is 6.08 Å². The molecule has 0 aliphatic rings. The maximum absolute atomic E-state index is 11.7. The van der Waals surface area contributed by atoms with E-state index >= 15 is 0 Å². The summed E-state index contributed by atoms with van der Waals surface area (Å²) in [5.41, 5.74) is 12.7. The summed E-state index contributed by atoms with van der Waals surface area (Å²) in [5.74, 6) is -5.86. The van der Waals surface area contributed by atoms with Crippen molar-refractivity contribution in [3.63, 3.8) is 0 Å². The molecular weight excluding hydrogens is 403 g/mol. The van der Waals surface area contributed by atoms with Gasteiger partial charge in [0.2, 0.25) is 5.91 Å². The van der Waals surface area contributed by atoms with Gasteiger partial charge < -0.3 is 32.1 Å². The van der Waals surface area contributed by atoms with Gasteiger partial charge in [-0.05, 0) is 36.3 Å². The normalized spacial score (nSPS) is 11.8. The molecule has 1 amide bonds. The molecule has 10 nitrogen and oxygen atoms in total. The van der Waals surface area contributed by atoms with Crippen molar-refractivity contribution in [1.82, 2.24) is 5.32 Å². The van der Waals surface area contributed by atoms with Crippen molar-refractivity contribution < 1.29 is 47.7 Å². The Bertz CT molecular complexity index is 794. The van der Waals surface area contributed by atoms with E-state index in [4.69, 9.17) is 31.6 Å². The van der Waals surface area contributed by atoms with Gasteiger partial charge in [-0.1, -0.05) is 0 Å². The van der Waals surface area contributed by atoms with E-state index in [2.05, 4.69) is 5.32 Å². The van der Waals surface area contributed by atoms with Crippen molar-refractivity contribution in [2.75, 3.05) is 11.5 Å². The Morgan fingerprint density at radius 2 is 1.66 bits per heavy atom. The molecule has 0 fully saturated rings. The van der Waals surface area contributed by atoms with E-state index in [9.17, 15) is 27.6 Å². The van der Waals surface area contributed by atoms with Crippen LogP contribution in [-0.2, 0) is 19.2 Å². The van der Waals surface area contributed by atoms with E-state index < -0.39 is 36.0 Å². The molecule has 0 saturated heterocycles. The lowest BCUT2D eigenvalue weighted by atomic mass is 10.1. The number of carboxylic acids is 3. The van der Waals surface area contributed by atoms with Crippen LogP contribution in [0.25, 0.3) is 6.08 Å². The first-order chi connectivity index (χ1) is 13.2. The third-order valence-corrected chi connectivity index (χ3v) is 3.03. The third-order valence-electron chi connectivity index (χ3n) is 3.03. The molecule has 0 heterocycles. The zero-order valence-electron chi connectivity index (χ0n) is 14.6. The minimum absolute atomic E-state index is 0.204. The Morgan fingerprint density at radius 1 is 1.10 bits per heavy atom. The number of nitrogen functional groups attached to an aromatic ring is 2. The Balaban J connectivity index is 0.000000956. The van der Waals surface area contributed by atoms with Crippen LogP contribution in [0.3, 0.4) is 0 Å². The number of amides is 1. The number of benzene rings is 1. The SMILES string of the molecule is Nc1ccc(N)c(C=CC(=O)N[C@@H](CCC(=O)O)C(=O)O)c1.O=C(O)C(F)(F)F. The summed E-state index contributed by atoms with van der Waals surface area (Å²) < 4.78 is 31.7. The van der Waals surface area contributed by atoms with Crippen LogP contribution < -0.4 is 16.8 Å². The second kappa shape index (κ2) is 11.2. The van der Waals surface area contributed by atoms with E-state index in [0.29, 0.717) is 16.9 Å². The number of alkyl halides is 3. The maximum Gasteiger partial charge on any atom is 0.490 e. The Morgan fingerprint density at radius 3 is 2.10 bits per heavy atom. The number of carbonyl (C=O) groups is 4. The van der Waals surface area contributed by atoms with Crippen molar-refractivity contribution in [3.05, 3.63) is 29.8 Å². The summed E-state index contributed by atoms with van der Waals surface area (Å²) in [5, 5.41) is 26.8. The maximum atomic E-state index is 11.7. The fourth-order valence-electron chi connectivity index (χ4n) is 1.65. The average molecular weight is 421 g/mol. The van der Waals surface area contributed by atoms with Gasteiger partial charge >= 0.3 is 24.1 Å². The van der Waals surface area contributed by atoms with Crippen molar-refractivity contribution >= 4 is 41.3 Å². The van der Waals surface area contributed by atoms with E-state index in [-0.39, 0.29) is 12.8 Å². The summed E-state index contributed by atoms with van der Waals surface area (Å²) in [7, 11) is 0. The number of rotatable bonds is 7. The smallest absolute Gasteiger partial charge is 0.481 e. The molecule has 0 aliphatic heterocycles. The molecule has 1 rings (SSSR count). The van der Waals surface area contributed by atoms with E-state index in [1.54, 1.807) is 18.2 Å². The molecule has 0 saturated carbocycles. The minimum Gasteiger partial charge on any atom is -0.481 e. The number of nitrogens with two attached hydrogens (primary N) is 2. The molecule has 1 aromatic carbocycles. The molecular formula is C16H18F3N3O7. The Kier molecular flexibility index (Phi) is 9.71. The fourth-order valence-corrected chi connectivity index (χ4v) is 1.65. The zero-order valence-corrected chi connectivity index (χ0v) is 14.6. The van der Waals surface area contributed by atoms with Crippen LogP contribution in [-0.4, -0.2) is 51.4 Å². The first-order valence-corrected chi connectivity index (χ1v) is 7.62. The Hall–Kier alpha value is -3.77. The summed E-state index contributed by atoms with van der Waals surface area (Å²) in [6, 6.07) is 3.49. The molecule has 1 atom stereocenters. The van der Waals surface area contributed by atoms with Gasteiger partial charge in [0.15, 0.2) is 0 Å². The lowest BCUT2D eigenvalue weighted by Crippen LogP contribution is -2.40. The predicted octanol–water partition coefficient (Wildman–Crippen LogP) is 0.932. The topological polar surface area (TPSA) is 193 Å². The van der Waals surface area contributed by atoms with Gasteiger partial charge in [0.05, 0.1) is 0 Å². The highest BCUT2D eigenvalue weighted by Gasteiger charge is 2.38. The molecule has 0 radical (unpaired) electrons. The van der Waals surface area contributed by atoms with Gasteiger partial charge in [0.1, 0.15) is 6.04 Å². The molecule has 0 bridgehead atoms. The number of hydrogen-bond donors (Lipinski definition) is 6. The molecule has 13 heteroatoms. The molecule has 8 N–H and O–H groups in total. The summed E-state index contributed by atoms with van der Waals surface area (Å²) in [6.07, 6.45) is -3.13. The van der Waals surface area contributed by atoms with Gasteiger partial charge in [0.25, 0.3) is 0 Å². The number of halogens is 3. The number of carbonyl (C=O) groups excluding carboxylic acids is 1. The molecule has 1 aromatic rings. The van der Waals surface area contributed by atoms with Gasteiger partial charge in [-0.25, -0.2) is 9.59 Å². The molecule has 0 unspecified atom stereocenters. The lowest BCUT2D eigenvalue weighted by molar-refractivity contribution is -0.192. The molecule has 0 aromatic heterocycles. The van der Waals surface area contributed by atoms with Crippen molar-refractivity contribution in [1.29, 1.82) is 0 Å². The van der Waals surface area contributed by atoms with E-state index in [1.165, 1.54) is 6.08 Å². The highest BCUT2D eigenvalue weighted by Crippen LogP contribution is 2.17. The monoisotopic (exact) mass is 421 g/mol. The minimum atomic E-state index is -5.08. The van der Waals surface area contributed by atoms with Gasteiger partial charge in [-0.3, -0.25) is 9.59 Å². The fraction of sp³-hybridized carbons (Fsp3) is 0.250. The average Bonchev–Trinajstić information content (AvgIpc) is 2.58. The van der Waals surface area contributed by atoms with Crippen LogP contribution in [0.15, 0.2) is 24.3 Å². The molecule has 0 aliphatic carbocycles. The van der Waals surface area contributed by atoms with Crippen LogP contribution in [0.5, 0.6) is 0 Å². The summed E-state index contributed by atoms with van der Waals surface area (Å²) >= 11 is 0. The largest absolute Gasteiger partial charge is 0.490 e. The molecule has 29 heavy (non-hydrogen) atoms. The van der Waals surface area contributed by atoms with Gasteiger partial charge in [0, 0.05) is 23.9 Å². The highest BCUT2D eigenvalue weighted by atomic mass is 19.4. The summed E-state index contributed by atoms with van der Waals surface area (Å²) in [6.45, 7) is 0. The first-order valence-electron chi connectivity index (χ1n) is 7.62. The van der Waals surface area contributed by atoms with Crippen LogP contribution in [0.4, 0.5) is 24.5 Å². The zero-order chi connectivity index (χ0) is 22.8. The van der Waals surface area contributed by atoms with Crippen LogP contribution in [0, 0.1) is 0 Å². The second-order valence-corrected chi connectivity index (χ2v) is 5.36. The first kappa shape index (κ1) is 25.2. The van der Waals surface area contributed by atoms with Gasteiger partial charge in [-0.2, -0.15) is 13.2 Å². The number of hydrogen-bond acceptors (Lipinski definition) is 6. The third kappa shape index (κ3) is 10.8. The Labute approximate surface area is 161 Å². The predicted molar refractivity (Wildman–Crippen MR) is 94.4 cm³/mol. The number of carboxylic acid groups (broad SMARTS) is 3. The van der Waals surface area contributed by atoms with E-state index in [1.807, 2.05) is 0 Å². The van der Waals surface area contributed by atoms with Crippen LogP contribution >= 0.6 is 0 Å². The molecule has 0 spiro atoms. The lowest BCUT2D eigenvalue weighted by Gasteiger charge is -2.11. The highest BCUT2D eigenvalue weighted by molar-refractivity contribution is 5.95.